The third-order valence-electron chi connectivity index (χ3n) is 2.99. The number of methoxy groups -OCH3 is 1. The Morgan fingerprint density at radius 2 is 1.89 bits per heavy atom. The molecule has 0 radical (unpaired) electrons. The van der Waals surface area contributed by atoms with Crippen LogP contribution in [-0.4, -0.2) is 52.0 Å². The van der Waals surface area contributed by atoms with Gasteiger partial charge in [-0.3, -0.25) is 0 Å². The van der Waals surface area contributed by atoms with Gasteiger partial charge in [0.2, 0.25) is 10.0 Å². The van der Waals surface area contributed by atoms with Gasteiger partial charge in [0.1, 0.15) is 0 Å². The summed E-state index contributed by atoms with van der Waals surface area (Å²) >= 11 is 0. The average molecular weight is 284 g/mol. The Bertz CT molecular complexity index is 565. The number of nitrogens with one attached hydrogen (secondary N) is 1. The fraction of sp³-hybridized carbons (Fsp3) is 0.417. The van der Waals surface area contributed by atoms with Gasteiger partial charge >= 0.3 is 5.97 Å². The van der Waals surface area contributed by atoms with E-state index in [4.69, 9.17) is 0 Å². The minimum atomic E-state index is -3.66. The lowest BCUT2D eigenvalue weighted by molar-refractivity contribution is 0.0596. The third kappa shape index (κ3) is 2.78. The maximum atomic E-state index is 12.5. The highest BCUT2D eigenvalue weighted by Crippen LogP contribution is 2.21. The van der Waals surface area contributed by atoms with Crippen LogP contribution in [0.15, 0.2) is 29.2 Å². The molecule has 1 heterocycles. The van der Waals surface area contributed by atoms with E-state index in [1.165, 1.54) is 23.5 Å². The van der Waals surface area contributed by atoms with Gasteiger partial charge in [-0.25, -0.2) is 13.2 Å². The van der Waals surface area contributed by atoms with E-state index in [-0.39, 0.29) is 10.5 Å². The second-order valence-electron chi connectivity index (χ2n) is 4.14. The van der Waals surface area contributed by atoms with E-state index in [0.717, 1.165) is 0 Å². The standard InChI is InChI=1S/C12H16N2O4S/c1-18-12(15)10-4-2-3-5-11(10)19(16,17)14-8-6-13-7-9-14/h2-5,13H,6-9H2,1H3. The first-order valence-electron chi connectivity index (χ1n) is 5.95. The number of sulfonamides is 1. The number of ether oxygens (including phenoxy) is 1. The molecule has 1 fully saturated rings. The van der Waals surface area contributed by atoms with Crippen LogP contribution >= 0.6 is 0 Å². The van der Waals surface area contributed by atoms with E-state index in [0.29, 0.717) is 26.2 Å². The summed E-state index contributed by atoms with van der Waals surface area (Å²) in [6, 6.07) is 6.11. The highest BCUT2D eigenvalue weighted by Gasteiger charge is 2.29. The van der Waals surface area contributed by atoms with Crippen LogP contribution in [0.4, 0.5) is 0 Å². The lowest BCUT2D eigenvalue weighted by Gasteiger charge is -2.27. The van der Waals surface area contributed by atoms with Crippen LogP contribution in [0.1, 0.15) is 10.4 Å². The van der Waals surface area contributed by atoms with Gasteiger partial charge in [0, 0.05) is 26.2 Å². The molecular weight excluding hydrogens is 268 g/mol. The molecule has 104 valence electrons. The van der Waals surface area contributed by atoms with E-state index < -0.39 is 16.0 Å². The molecule has 0 saturated carbocycles. The largest absolute Gasteiger partial charge is 0.465 e. The van der Waals surface area contributed by atoms with Crippen LogP contribution in [-0.2, 0) is 14.8 Å². The minimum Gasteiger partial charge on any atom is -0.465 e. The molecule has 0 unspecified atom stereocenters. The van der Waals surface area contributed by atoms with Gasteiger partial charge in [-0.15, -0.1) is 0 Å². The first kappa shape index (κ1) is 14.0. The van der Waals surface area contributed by atoms with Crippen molar-refractivity contribution >= 4 is 16.0 Å². The summed E-state index contributed by atoms with van der Waals surface area (Å²) in [4.78, 5) is 11.6. The zero-order chi connectivity index (χ0) is 13.9. The zero-order valence-electron chi connectivity index (χ0n) is 10.6. The molecule has 0 amide bonds. The van der Waals surface area contributed by atoms with Crippen molar-refractivity contribution in [2.24, 2.45) is 0 Å². The van der Waals surface area contributed by atoms with E-state index in [1.54, 1.807) is 12.1 Å². The van der Waals surface area contributed by atoms with Gasteiger partial charge in [0.05, 0.1) is 17.6 Å². The predicted molar refractivity (Wildman–Crippen MR) is 69.4 cm³/mol. The molecule has 1 aliphatic rings. The van der Waals surface area contributed by atoms with E-state index in [2.05, 4.69) is 10.1 Å². The van der Waals surface area contributed by atoms with Gasteiger partial charge in [0.25, 0.3) is 0 Å². The Kier molecular flexibility index (Phi) is 4.18. The van der Waals surface area contributed by atoms with Crippen molar-refractivity contribution < 1.29 is 17.9 Å². The smallest absolute Gasteiger partial charge is 0.339 e. The Hall–Kier alpha value is -1.44. The quantitative estimate of drug-likeness (QED) is 0.795. The molecule has 1 N–H and O–H groups in total. The summed E-state index contributed by atoms with van der Waals surface area (Å²) in [5, 5.41) is 3.09. The molecule has 1 aromatic rings. The maximum Gasteiger partial charge on any atom is 0.339 e. The summed E-state index contributed by atoms with van der Waals surface area (Å²) in [5.74, 6) is -0.644. The number of rotatable bonds is 3. The second kappa shape index (κ2) is 5.68. The molecule has 6 nitrogen and oxygen atoms in total. The normalized spacial score (nSPS) is 17.1. The number of piperazine rings is 1. The summed E-state index contributed by atoms with van der Waals surface area (Å²) in [6.45, 7) is 2.02. The van der Waals surface area contributed by atoms with Gasteiger partial charge in [-0.1, -0.05) is 12.1 Å². The number of hydrogen-bond donors (Lipinski definition) is 1. The highest BCUT2D eigenvalue weighted by molar-refractivity contribution is 7.89. The summed E-state index contributed by atoms with van der Waals surface area (Å²) in [6.07, 6.45) is 0. The SMILES string of the molecule is COC(=O)c1ccccc1S(=O)(=O)N1CCNCC1. The molecular formula is C12H16N2O4S. The first-order chi connectivity index (χ1) is 9.07. The second-order valence-corrected chi connectivity index (χ2v) is 6.05. The van der Waals surface area contributed by atoms with Crippen molar-refractivity contribution in [3.05, 3.63) is 29.8 Å². The molecule has 2 rings (SSSR count). The van der Waals surface area contributed by atoms with Gasteiger partial charge in [-0.05, 0) is 12.1 Å². The molecule has 0 atom stereocenters. The molecule has 1 aliphatic heterocycles. The first-order valence-corrected chi connectivity index (χ1v) is 7.39. The fourth-order valence-corrected chi connectivity index (χ4v) is 3.62. The highest BCUT2D eigenvalue weighted by atomic mass is 32.2. The van der Waals surface area contributed by atoms with Crippen molar-refractivity contribution in [3.63, 3.8) is 0 Å². The number of carbonyl (C=O) groups is 1. The lowest BCUT2D eigenvalue weighted by Crippen LogP contribution is -2.46. The number of nitrogens with zero attached hydrogens (tertiary/aromatic N) is 1. The van der Waals surface area contributed by atoms with Gasteiger partial charge in [-0.2, -0.15) is 4.31 Å². The summed E-state index contributed by atoms with van der Waals surface area (Å²) in [7, 11) is -2.42. The van der Waals surface area contributed by atoms with Crippen molar-refractivity contribution in [1.82, 2.24) is 9.62 Å². The van der Waals surface area contributed by atoms with Crippen molar-refractivity contribution in [3.8, 4) is 0 Å². The topological polar surface area (TPSA) is 75.7 Å². The lowest BCUT2D eigenvalue weighted by atomic mass is 10.2. The maximum absolute atomic E-state index is 12.5. The Balaban J connectivity index is 2.42. The predicted octanol–water partition coefficient (Wildman–Crippen LogP) is 0.0671. The molecule has 19 heavy (non-hydrogen) atoms. The molecule has 0 aliphatic carbocycles. The summed E-state index contributed by atoms with van der Waals surface area (Å²) in [5.41, 5.74) is 0.0727. The fourth-order valence-electron chi connectivity index (χ4n) is 1.99. The third-order valence-corrected chi connectivity index (χ3v) is 4.94. The zero-order valence-corrected chi connectivity index (χ0v) is 11.4. The Labute approximate surface area is 112 Å². The van der Waals surface area contributed by atoms with E-state index in [1.807, 2.05) is 0 Å². The molecule has 0 bridgehead atoms. The van der Waals surface area contributed by atoms with Crippen LogP contribution in [0.5, 0.6) is 0 Å². The molecule has 1 saturated heterocycles. The Morgan fingerprint density at radius 1 is 1.26 bits per heavy atom. The molecule has 0 spiro atoms. The summed E-state index contributed by atoms with van der Waals surface area (Å²) < 4.78 is 31.0. The number of carbonyl (C=O) groups excluding carboxylic acids is 1. The van der Waals surface area contributed by atoms with Crippen LogP contribution < -0.4 is 5.32 Å². The Morgan fingerprint density at radius 3 is 2.53 bits per heavy atom. The van der Waals surface area contributed by atoms with Crippen molar-refractivity contribution in [1.29, 1.82) is 0 Å². The van der Waals surface area contributed by atoms with Crippen LogP contribution in [0, 0.1) is 0 Å². The number of hydrogen-bond acceptors (Lipinski definition) is 5. The average Bonchev–Trinajstić information content (AvgIpc) is 2.47. The van der Waals surface area contributed by atoms with Crippen LogP contribution in [0.3, 0.4) is 0 Å². The van der Waals surface area contributed by atoms with Gasteiger partial charge in [0.15, 0.2) is 0 Å². The molecule has 0 aromatic heterocycles. The molecule has 7 heteroatoms. The van der Waals surface area contributed by atoms with Crippen molar-refractivity contribution in [2.45, 2.75) is 4.90 Å². The number of benzene rings is 1. The monoisotopic (exact) mass is 284 g/mol. The van der Waals surface area contributed by atoms with E-state index in [9.17, 15) is 13.2 Å². The van der Waals surface area contributed by atoms with Crippen LogP contribution in [0.2, 0.25) is 0 Å². The van der Waals surface area contributed by atoms with Gasteiger partial charge < -0.3 is 10.1 Å². The number of esters is 1. The van der Waals surface area contributed by atoms with Crippen molar-refractivity contribution in [2.75, 3.05) is 33.3 Å². The van der Waals surface area contributed by atoms with E-state index >= 15 is 0 Å². The minimum absolute atomic E-state index is 0.00347. The van der Waals surface area contributed by atoms with Crippen LogP contribution in [0.25, 0.3) is 0 Å². The molecule has 1 aromatic carbocycles.